The summed E-state index contributed by atoms with van der Waals surface area (Å²) in [6.07, 6.45) is 6.94. The van der Waals surface area contributed by atoms with Gasteiger partial charge < -0.3 is 51.8 Å². The summed E-state index contributed by atoms with van der Waals surface area (Å²) in [7, 11) is 2.64. The fourth-order valence-electron chi connectivity index (χ4n) is 12.6. The number of nitrogens with one attached hydrogen (secondary N) is 7. The Kier molecular flexibility index (Phi) is 28.6. The number of nitrogens with zero attached hydrogens (tertiary/aromatic N) is 2. The summed E-state index contributed by atoms with van der Waals surface area (Å²) in [5.41, 5.74) is -0.0829. The number of carbonyl (C=O) groups excluding carboxylic acids is 11. The lowest BCUT2D eigenvalue weighted by molar-refractivity contribution is -0.148. The first-order valence-electron chi connectivity index (χ1n) is 32.9. The van der Waals surface area contributed by atoms with E-state index in [1.165, 1.54) is 23.8 Å². The van der Waals surface area contributed by atoms with Crippen LogP contribution in [-0.2, 0) is 70.3 Å². The van der Waals surface area contributed by atoms with Crippen LogP contribution in [0.25, 0.3) is 0 Å². The van der Waals surface area contributed by atoms with Gasteiger partial charge in [-0.25, -0.2) is 4.79 Å². The van der Waals surface area contributed by atoms with Crippen LogP contribution in [-0.4, -0.2) is 160 Å². The molecule has 0 radical (unpaired) electrons. The Bertz CT molecular complexity index is 2830. The summed E-state index contributed by atoms with van der Waals surface area (Å²) in [6.45, 7) is 21.2. The van der Waals surface area contributed by atoms with Crippen molar-refractivity contribution in [3.63, 3.8) is 0 Å². The number of methoxy groups -OCH3 is 1. The molecular weight excluding hydrogens is 1180 g/mol. The second-order valence-corrected chi connectivity index (χ2v) is 29.3. The number of thioether (sulfide) groups is 1. The molecule has 3 aliphatic rings. The van der Waals surface area contributed by atoms with Crippen LogP contribution in [0.15, 0.2) is 60.7 Å². The maximum absolute atomic E-state index is 15.1. The second kappa shape index (κ2) is 34.7. The number of likely N-dealkylation sites (N-methyl/N-ethyl adjacent to an activating group) is 1. The van der Waals surface area contributed by atoms with Gasteiger partial charge in [-0.05, 0) is 107 Å². The Hall–Kier alpha value is -6.84. The van der Waals surface area contributed by atoms with Crippen LogP contribution in [0.3, 0.4) is 0 Å². The molecule has 0 aromatic heterocycles. The van der Waals surface area contributed by atoms with Crippen molar-refractivity contribution in [2.24, 2.45) is 35.5 Å². The van der Waals surface area contributed by atoms with Crippen molar-refractivity contribution in [2.75, 3.05) is 26.5 Å². The molecule has 0 bridgehead atoms. The molecule has 3 fully saturated rings. The average molecular weight is 1280 g/mol. The number of ketones is 1. The number of esters is 1. The number of carbonyl (C=O) groups is 11. The highest BCUT2D eigenvalue weighted by Crippen LogP contribution is 2.33. The molecule has 9 amide bonds. The van der Waals surface area contributed by atoms with E-state index in [1.807, 2.05) is 52.0 Å². The molecule has 10 atom stereocenters. The van der Waals surface area contributed by atoms with E-state index < -0.39 is 136 Å². The van der Waals surface area contributed by atoms with Gasteiger partial charge in [-0.1, -0.05) is 148 Å². The average Bonchev–Trinajstić information content (AvgIpc) is 1.71. The molecule has 0 unspecified atom stereocenters. The molecule has 2 aromatic rings. The minimum atomic E-state index is -1.49. The molecule has 2 aliphatic heterocycles. The van der Waals surface area contributed by atoms with Crippen molar-refractivity contribution < 1.29 is 57.5 Å². The summed E-state index contributed by atoms with van der Waals surface area (Å²) in [5.74, 6) is -9.07. The minimum absolute atomic E-state index is 0.0198. The number of fused-ring (bicyclic) bond motifs is 1. The fraction of sp³-hybridized carbons (Fsp3) is 0.667. The first-order valence-corrected chi connectivity index (χ1v) is 33.9. The molecule has 1 saturated carbocycles. The van der Waals surface area contributed by atoms with Crippen molar-refractivity contribution in [3.05, 3.63) is 71.8 Å². The van der Waals surface area contributed by atoms with E-state index in [2.05, 4.69) is 37.2 Å². The maximum atomic E-state index is 15.1. The van der Waals surface area contributed by atoms with Gasteiger partial charge in [0, 0.05) is 43.5 Å². The fourth-order valence-corrected chi connectivity index (χ4v) is 13.5. The number of hydrogen-bond acceptors (Lipinski definition) is 13. The van der Waals surface area contributed by atoms with Gasteiger partial charge in [0.25, 0.3) is 0 Å². The topological polar surface area (TPSA) is 288 Å². The number of amides is 9. The van der Waals surface area contributed by atoms with Gasteiger partial charge in [0.05, 0.1) is 18.9 Å². The number of ether oxygens (including phenoxy) is 1. The quantitative estimate of drug-likeness (QED) is 0.105. The van der Waals surface area contributed by atoms with Crippen LogP contribution in [0, 0.1) is 35.5 Å². The summed E-state index contributed by atoms with van der Waals surface area (Å²) in [5, 5.41) is 20.1. The van der Waals surface area contributed by atoms with Crippen LogP contribution in [0.1, 0.15) is 171 Å². The molecule has 2 saturated heterocycles. The van der Waals surface area contributed by atoms with Crippen molar-refractivity contribution in [1.82, 2.24) is 47.0 Å². The molecule has 21 nitrogen and oxygen atoms in total. The zero-order chi connectivity index (χ0) is 67.5. The lowest BCUT2D eigenvalue weighted by Crippen LogP contribution is -2.64. The van der Waals surface area contributed by atoms with Gasteiger partial charge in [-0.3, -0.25) is 47.9 Å². The van der Waals surface area contributed by atoms with Crippen LogP contribution >= 0.6 is 11.8 Å². The zero-order valence-electron chi connectivity index (χ0n) is 56.4. The lowest BCUT2D eigenvalue weighted by Gasteiger charge is -2.38. The largest absolute Gasteiger partial charge is 0.467 e. The Morgan fingerprint density at radius 2 is 1.18 bits per heavy atom. The summed E-state index contributed by atoms with van der Waals surface area (Å²) in [6, 6.07) is 8.33. The molecule has 91 heavy (non-hydrogen) atoms. The first-order chi connectivity index (χ1) is 42.9. The monoisotopic (exact) mass is 1280 g/mol. The Morgan fingerprint density at radius 3 is 1.75 bits per heavy atom. The number of Topliss-reactive ketones (excluding diaryl/α,β-unsaturated/α-hetero) is 1. The SMILES string of the molecule is COC(=O)[C@H]1NC(=O)[C@H](C)NC(=O)[C@H](Cc2ccccc2)N(C)C(=O)[C@H](CC(C)C)CC(=O)[C@H](CCC2CCCCC2)NC(=O)[C@H](CC(C)C)NC(=O)[C@H](C(C)C)NC(=O)[C@]2(C)CCCN2C(=O)[C@H](C(C)C)NC(=O)[C@H](Cc2ccccc2)NC(=O)CSC1(C)C. The third-order valence-corrected chi connectivity index (χ3v) is 19.5. The standard InChI is InChI=1S/C69H105N9O12S/c1-41(2)35-49-39-54(79)50(32-31-46-25-18-15-19-26-46)72-60(82)51(36-42(3)4)73-63(85)56(43(5)6)75-67(89)69(12)33-24-34-78(69)65(87)57(44(7)8)74-61(83)52(37-47-27-20-16-21-28-47)71-55(80)40-91-68(10,11)58(66(88)90-14)76-59(81)45(9)70-62(84)53(77(13)64(49)86)38-48-29-22-17-23-30-48/h16-17,20-23,27-30,41-46,49-53,56-58H,15,18-19,24-26,31-40H2,1-14H3,(H,70,84)(H,71,80)(H,72,82)(H,73,85)(H,74,83)(H,75,89)(H,76,81)/t45-,49+,50-,51-,52-,53-,56-,57-,58+,69-/m0/s1. The molecule has 5 rings (SSSR count). The first kappa shape index (κ1) is 74.9. The molecule has 2 aromatic carbocycles. The van der Waals surface area contributed by atoms with E-state index in [1.54, 1.807) is 84.9 Å². The predicted octanol–water partition coefficient (Wildman–Crippen LogP) is 6.13. The van der Waals surface area contributed by atoms with E-state index in [0.29, 0.717) is 29.9 Å². The molecule has 1 aliphatic carbocycles. The van der Waals surface area contributed by atoms with E-state index in [4.69, 9.17) is 4.74 Å². The van der Waals surface area contributed by atoms with Gasteiger partial charge in [0.15, 0.2) is 5.78 Å². The number of benzene rings is 2. The van der Waals surface area contributed by atoms with Crippen LogP contribution in [0.2, 0.25) is 0 Å². The van der Waals surface area contributed by atoms with Gasteiger partial charge in [0.1, 0.15) is 47.8 Å². The zero-order valence-corrected chi connectivity index (χ0v) is 57.2. The van der Waals surface area contributed by atoms with E-state index in [0.717, 1.165) is 51.0 Å². The van der Waals surface area contributed by atoms with Crippen LogP contribution < -0.4 is 37.2 Å². The summed E-state index contributed by atoms with van der Waals surface area (Å²) >= 11 is 1.00. The van der Waals surface area contributed by atoms with E-state index in [-0.39, 0.29) is 74.9 Å². The van der Waals surface area contributed by atoms with Crippen LogP contribution in [0.5, 0.6) is 0 Å². The lowest BCUT2D eigenvalue weighted by atomic mass is 9.83. The Morgan fingerprint density at radius 1 is 0.604 bits per heavy atom. The second-order valence-electron chi connectivity index (χ2n) is 27.7. The molecule has 0 spiro atoms. The van der Waals surface area contributed by atoms with Gasteiger partial charge in [0.2, 0.25) is 53.2 Å². The van der Waals surface area contributed by atoms with E-state index in [9.17, 15) is 43.2 Å². The van der Waals surface area contributed by atoms with E-state index >= 15 is 9.59 Å². The smallest absolute Gasteiger partial charge is 0.329 e. The molecule has 2 heterocycles. The van der Waals surface area contributed by atoms with Gasteiger partial charge in [-0.15, -0.1) is 11.8 Å². The molecule has 22 heteroatoms. The predicted molar refractivity (Wildman–Crippen MR) is 351 cm³/mol. The third-order valence-electron chi connectivity index (χ3n) is 18.1. The highest BCUT2D eigenvalue weighted by atomic mass is 32.2. The molecule has 504 valence electrons. The number of rotatable bonds is 14. The Labute approximate surface area is 544 Å². The summed E-state index contributed by atoms with van der Waals surface area (Å²) < 4.78 is 3.91. The Balaban J connectivity index is 1.60. The normalized spacial score (nSPS) is 27.6. The van der Waals surface area contributed by atoms with Crippen molar-refractivity contribution >= 4 is 76.7 Å². The van der Waals surface area contributed by atoms with Crippen molar-refractivity contribution in [3.8, 4) is 0 Å². The summed E-state index contributed by atoms with van der Waals surface area (Å²) in [4.78, 5) is 164. The minimum Gasteiger partial charge on any atom is -0.467 e. The molecule has 7 N–H and O–H groups in total. The van der Waals surface area contributed by atoms with Gasteiger partial charge >= 0.3 is 5.97 Å². The highest BCUT2D eigenvalue weighted by molar-refractivity contribution is 8.01. The van der Waals surface area contributed by atoms with Crippen molar-refractivity contribution in [2.45, 2.75) is 232 Å². The third kappa shape index (κ3) is 21.6. The van der Waals surface area contributed by atoms with Crippen molar-refractivity contribution in [1.29, 1.82) is 0 Å². The molecular formula is C69H105N9O12S. The van der Waals surface area contributed by atoms with Gasteiger partial charge in [-0.2, -0.15) is 0 Å². The van der Waals surface area contributed by atoms with Crippen LogP contribution in [0.4, 0.5) is 0 Å². The maximum Gasteiger partial charge on any atom is 0.329 e. The highest BCUT2D eigenvalue weighted by Gasteiger charge is 2.50. The number of hydrogen-bond donors (Lipinski definition) is 7.